The van der Waals surface area contributed by atoms with Crippen molar-refractivity contribution in [1.82, 2.24) is 4.90 Å². The minimum absolute atomic E-state index is 0.0442. The second-order valence-corrected chi connectivity index (χ2v) is 6.25. The molecule has 28 heavy (non-hydrogen) atoms. The Kier molecular flexibility index (Phi) is 5.30. The summed E-state index contributed by atoms with van der Waals surface area (Å²) < 4.78 is 10.8. The van der Waals surface area contributed by atoms with Crippen molar-refractivity contribution in [3.05, 3.63) is 59.9 Å². The number of primary amides is 1. The molecule has 0 bridgehead atoms. The molecular weight excluding hydrogens is 362 g/mol. The van der Waals surface area contributed by atoms with E-state index in [0.717, 1.165) is 0 Å². The Labute approximate surface area is 160 Å². The summed E-state index contributed by atoms with van der Waals surface area (Å²) in [6.45, 7) is -0.172. The van der Waals surface area contributed by atoms with Gasteiger partial charge in [-0.05, 0) is 36.4 Å². The molecule has 0 atom stereocenters. The van der Waals surface area contributed by atoms with Gasteiger partial charge in [-0.1, -0.05) is 12.1 Å². The highest BCUT2D eigenvalue weighted by Gasteiger charge is 2.15. The molecule has 1 aromatic heterocycles. The van der Waals surface area contributed by atoms with Gasteiger partial charge >= 0.3 is 0 Å². The fourth-order valence-corrected chi connectivity index (χ4v) is 2.49. The topological polar surface area (TPSA) is 115 Å². The Bertz CT molecular complexity index is 1050. The molecule has 144 valence electrons. The molecule has 0 aliphatic carbocycles. The molecule has 0 unspecified atom stereocenters. The molecule has 8 heteroatoms. The van der Waals surface area contributed by atoms with Crippen molar-refractivity contribution in [3.63, 3.8) is 0 Å². The zero-order valence-electron chi connectivity index (χ0n) is 15.4. The standard InChI is InChI=1S/C20H19N3O5/c1-23(2)18(24)11-27-16-6-4-3-5-14(16)20(26)22-13-7-8-15-12(9-13)10-17(28-15)19(21)25/h3-10H,11H2,1-2H3,(H2,21,25)(H,22,26). The zero-order chi connectivity index (χ0) is 20.3. The van der Waals surface area contributed by atoms with Gasteiger partial charge in [-0.3, -0.25) is 14.4 Å². The van der Waals surface area contributed by atoms with Crippen molar-refractivity contribution in [2.45, 2.75) is 0 Å². The number of benzene rings is 2. The fourth-order valence-electron chi connectivity index (χ4n) is 2.49. The number of para-hydroxylation sites is 1. The van der Waals surface area contributed by atoms with Crippen molar-refractivity contribution < 1.29 is 23.5 Å². The number of nitrogens with zero attached hydrogens (tertiary/aromatic N) is 1. The Morgan fingerprint density at radius 2 is 1.86 bits per heavy atom. The first-order valence-corrected chi connectivity index (χ1v) is 8.42. The zero-order valence-corrected chi connectivity index (χ0v) is 15.4. The number of ether oxygens (including phenoxy) is 1. The first-order chi connectivity index (χ1) is 13.3. The third-order valence-corrected chi connectivity index (χ3v) is 4.00. The number of anilines is 1. The first kappa shape index (κ1) is 19.0. The molecule has 8 nitrogen and oxygen atoms in total. The van der Waals surface area contributed by atoms with Gasteiger partial charge < -0.3 is 25.1 Å². The molecule has 3 rings (SSSR count). The van der Waals surface area contributed by atoms with E-state index in [1.54, 1.807) is 56.6 Å². The largest absolute Gasteiger partial charge is 0.483 e. The van der Waals surface area contributed by atoms with E-state index in [1.807, 2.05) is 0 Å². The van der Waals surface area contributed by atoms with Crippen LogP contribution in [0.3, 0.4) is 0 Å². The molecular formula is C20H19N3O5. The number of hydrogen-bond donors (Lipinski definition) is 2. The van der Waals surface area contributed by atoms with Crippen molar-refractivity contribution in [3.8, 4) is 5.75 Å². The summed E-state index contributed by atoms with van der Waals surface area (Å²) in [4.78, 5) is 37.0. The lowest BCUT2D eigenvalue weighted by Crippen LogP contribution is -2.28. The monoisotopic (exact) mass is 381 g/mol. The van der Waals surface area contributed by atoms with Gasteiger partial charge in [0.1, 0.15) is 11.3 Å². The van der Waals surface area contributed by atoms with Crippen molar-refractivity contribution in [2.24, 2.45) is 5.73 Å². The lowest BCUT2D eigenvalue weighted by atomic mass is 10.1. The van der Waals surface area contributed by atoms with Gasteiger partial charge in [0, 0.05) is 25.2 Å². The number of likely N-dealkylation sites (N-methyl/N-ethyl adjacent to an activating group) is 1. The van der Waals surface area contributed by atoms with Gasteiger partial charge in [0.25, 0.3) is 17.7 Å². The molecule has 0 saturated heterocycles. The summed E-state index contributed by atoms with van der Waals surface area (Å²) in [5, 5.41) is 3.40. The minimum atomic E-state index is -0.667. The predicted molar refractivity (Wildman–Crippen MR) is 103 cm³/mol. The second kappa shape index (κ2) is 7.83. The molecule has 2 aromatic carbocycles. The van der Waals surface area contributed by atoms with E-state index in [0.29, 0.717) is 28.0 Å². The predicted octanol–water partition coefficient (Wildman–Crippen LogP) is 2.25. The Morgan fingerprint density at radius 1 is 1.11 bits per heavy atom. The highest BCUT2D eigenvalue weighted by atomic mass is 16.5. The molecule has 3 amide bonds. The van der Waals surface area contributed by atoms with E-state index in [1.165, 1.54) is 11.0 Å². The number of rotatable bonds is 6. The third-order valence-electron chi connectivity index (χ3n) is 4.00. The normalized spacial score (nSPS) is 10.5. The van der Waals surface area contributed by atoms with Crippen LogP contribution in [-0.2, 0) is 4.79 Å². The van der Waals surface area contributed by atoms with Gasteiger partial charge in [0.2, 0.25) is 0 Å². The fraction of sp³-hybridized carbons (Fsp3) is 0.150. The summed E-state index contributed by atoms with van der Waals surface area (Å²) in [5.41, 5.74) is 6.50. The molecule has 0 radical (unpaired) electrons. The van der Waals surface area contributed by atoms with E-state index in [-0.39, 0.29) is 18.3 Å². The molecule has 0 aliphatic rings. The minimum Gasteiger partial charge on any atom is -0.483 e. The number of fused-ring (bicyclic) bond motifs is 1. The molecule has 3 N–H and O–H groups in total. The Balaban J connectivity index is 1.78. The Morgan fingerprint density at radius 3 is 2.57 bits per heavy atom. The van der Waals surface area contributed by atoms with Crippen LogP contribution in [0.2, 0.25) is 0 Å². The quantitative estimate of drug-likeness (QED) is 0.680. The molecule has 1 heterocycles. The van der Waals surface area contributed by atoms with E-state index in [4.69, 9.17) is 14.9 Å². The second-order valence-electron chi connectivity index (χ2n) is 6.25. The smallest absolute Gasteiger partial charge is 0.284 e. The first-order valence-electron chi connectivity index (χ1n) is 8.42. The van der Waals surface area contributed by atoms with Crippen LogP contribution in [0.1, 0.15) is 20.9 Å². The van der Waals surface area contributed by atoms with Gasteiger partial charge in [0.05, 0.1) is 5.56 Å². The highest BCUT2D eigenvalue weighted by Crippen LogP contribution is 2.24. The summed E-state index contributed by atoms with van der Waals surface area (Å²) in [7, 11) is 3.25. The van der Waals surface area contributed by atoms with Crippen LogP contribution in [0.15, 0.2) is 52.9 Å². The van der Waals surface area contributed by atoms with Crippen LogP contribution in [0.5, 0.6) is 5.75 Å². The van der Waals surface area contributed by atoms with Crippen LogP contribution < -0.4 is 15.8 Å². The van der Waals surface area contributed by atoms with Crippen LogP contribution in [0.25, 0.3) is 11.0 Å². The van der Waals surface area contributed by atoms with Crippen LogP contribution in [-0.4, -0.2) is 43.3 Å². The number of carbonyl (C=O) groups is 3. The number of amides is 3. The highest BCUT2D eigenvalue weighted by molar-refractivity contribution is 6.07. The molecule has 0 saturated carbocycles. The van der Waals surface area contributed by atoms with Crippen LogP contribution in [0.4, 0.5) is 5.69 Å². The number of nitrogens with two attached hydrogens (primary N) is 1. The van der Waals surface area contributed by atoms with E-state index in [2.05, 4.69) is 5.32 Å². The maximum atomic E-state index is 12.7. The van der Waals surface area contributed by atoms with E-state index < -0.39 is 11.8 Å². The molecule has 0 fully saturated rings. The van der Waals surface area contributed by atoms with Gasteiger partial charge in [-0.15, -0.1) is 0 Å². The van der Waals surface area contributed by atoms with E-state index >= 15 is 0 Å². The number of hydrogen-bond acceptors (Lipinski definition) is 5. The third kappa shape index (κ3) is 4.12. The number of carbonyl (C=O) groups excluding carboxylic acids is 3. The molecule has 3 aromatic rings. The number of furan rings is 1. The van der Waals surface area contributed by atoms with Crippen molar-refractivity contribution in [1.29, 1.82) is 0 Å². The summed E-state index contributed by atoms with van der Waals surface area (Å²) in [6, 6.07) is 13.1. The van der Waals surface area contributed by atoms with Gasteiger partial charge in [0.15, 0.2) is 12.4 Å². The molecule has 0 aliphatic heterocycles. The number of nitrogens with one attached hydrogen (secondary N) is 1. The Hall–Kier alpha value is -3.81. The molecule has 0 spiro atoms. The van der Waals surface area contributed by atoms with E-state index in [9.17, 15) is 14.4 Å². The average Bonchev–Trinajstić information content (AvgIpc) is 3.10. The summed E-state index contributed by atoms with van der Waals surface area (Å²) >= 11 is 0. The van der Waals surface area contributed by atoms with Gasteiger partial charge in [-0.2, -0.15) is 0 Å². The van der Waals surface area contributed by atoms with Crippen molar-refractivity contribution >= 4 is 34.4 Å². The van der Waals surface area contributed by atoms with Gasteiger partial charge in [-0.25, -0.2) is 0 Å². The SMILES string of the molecule is CN(C)C(=O)COc1ccccc1C(=O)Nc1ccc2oc(C(N)=O)cc2c1. The maximum absolute atomic E-state index is 12.7. The summed E-state index contributed by atoms with van der Waals surface area (Å²) in [5.74, 6) is -0.935. The lowest BCUT2D eigenvalue weighted by Gasteiger charge is -2.14. The van der Waals surface area contributed by atoms with Crippen LogP contribution in [0, 0.1) is 0 Å². The lowest BCUT2D eigenvalue weighted by molar-refractivity contribution is -0.130. The van der Waals surface area contributed by atoms with Crippen molar-refractivity contribution in [2.75, 3.05) is 26.0 Å². The average molecular weight is 381 g/mol. The summed E-state index contributed by atoms with van der Waals surface area (Å²) in [6.07, 6.45) is 0. The van der Waals surface area contributed by atoms with Crippen LogP contribution >= 0.6 is 0 Å². The maximum Gasteiger partial charge on any atom is 0.284 e.